The molecule has 0 aliphatic heterocycles. The zero-order valence-corrected chi connectivity index (χ0v) is 12.9. The van der Waals surface area contributed by atoms with E-state index in [0.717, 1.165) is 24.8 Å². The van der Waals surface area contributed by atoms with Crippen LogP contribution in [-0.2, 0) is 10.3 Å². The minimum atomic E-state index is -0.468. The summed E-state index contributed by atoms with van der Waals surface area (Å²) in [7, 11) is 1.31. The number of pyridine rings is 1. The van der Waals surface area contributed by atoms with Crippen molar-refractivity contribution in [2.75, 3.05) is 7.11 Å². The largest absolute Gasteiger partial charge is 0.465 e. The SMILES string of the molecule is COC(=O)c1ccc(C(=O)NC2(c3ccccc3)CCC2)nc1. The second kappa shape index (κ2) is 6.20. The summed E-state index contributed by atoms with van der Waals surface area (Å²) in [6, 6.07) is 13.1. The molecule has 118 valence electrons. The number of rotatable bonds is 4. The number of ether oxygens (including phenoxy) is 1. The average molecular weight is 310 g/mol. The zero-order valence-electron chi connectivity index (χ0n) is 12.9. The van der Waals surface area contributed by atoms with Gasteiger partial charge in [0, 0.05) is 6.20 Å². The molecule has 1 aliphatic carbocycles. The van der Waals surface area contributed by atoms with E-state index < -0.39 is 5.97 Å². The molecule has 0 saturated heterocycles. The normalized spacial score (nSPS) is 15.3. The van der Waals surface area contributed by atoms with Crippen LogP contribution in [0.2, 0.25) is 0 Å². The van der Waals surface area contributed by atoms with Crippen molar-refractivity contribution in [3.05, 3.63) is 65.5 Å². The quantitative estimate of drug-likeness (QED) is 0.882. The fourth-order valence-corrected chi connectivity index (χ4v) is 2.82. The van der Waals surface area contributed by atoms with Crippen LogP contribution in [0.1, 0.15) is 45.7 Å². The first-order valence-electron chi connectivity index (χ1n) is 7.57. The molecule has 1 fully saturated rings. The lowest BCUT2D eigenvalue weighted by Crippen LogP contribution is -2.50. The maximum Gasteiger partial charge on any atom is 0.339 e. The number of amides is 1. The molecule has 1 aromatic carbocycles. The lowest BCUT2D eigenvalue weighted by atomic mass is 9.71. The minimum absolute atomic E-state index is 0.232. The van der Waals surface area contributed by atoms with Crippen molar-refractivity contribution in [1.82, 2.24) is 10.3 Å². The van der Waals surface area contributed by atoms with Crippen molar-refractivity contribution in [1.29, 1.82) is 0 Å². The molecule has 3 rings (SSSR count). The van der Waals surface area contributed by atoms with Gasteiger partial charge in [-0.25, -0.2) is 4.79 Å². The van der Waals surface area contributed by atoms with Gasteiger partial charge in [0.1, 0.15) is 5.69 Å². The number of hydrogen-bond acceptors (Lipinski definition) is 4. The van der Waals surface area contributed by atoms with Crippen molar-refractivity contribution < 1.29 is 14.3 Å². The number of aromatic nitrogens is 1. The first kappa shape index (κ1) is 15.2. The Morgan fingerprint density at radius 2 is 1.87 bits per heavy atom. The molecule has 1 N–H and O–H groups in total. The number of methoxy groups -OCH3 is 1. The molecular formula is C18H18N2O3. The van der Waals surface area contributed by atoms with Crippen molar-refractivity contribution in [3.8, 4) is 0 Å². The highest BCUT2D eigenvalue weighted by Crippen LogP contribution is 2.41. The van der Waals surface area contributed by atoms with Crippen LogP contribution in [0.3, 0.4) is 0 Å². The van der Waals surface area contributed by atoms with Crippen LogP contribution in [0, 0.1) is 0 Å². The molecule has 0 bridgehead atoms. The average Bonchev–Trinajstić information content (AvgIpc) is 2.58. The van der Waals surface area contributed by atoms with Crippen molar-refractivity contribution in [2.24, 2.45) is 0 Å². The molecule has 23 heavy (non-hydrogen) atoms. The fraction of sp³-hybridized carbons (Fsp3) is 0.278. The van der Waals surface area contributed by atoms with Gasteiger partial charge in [-0.15, -0.1) is 0 Å². The maximum atomic E-state index is 12.5. The van der Waals surface area contributed by atoms with Crippen LogP contribution >= 0.6 is 0 Å². The van der Waals surface area contributed by atoms with Crippen LogP contribution in [0.15, 0.2) is 48.7 Å². The van der Waals surface area contributed by atoms with Crippen LogP contribution in [-0.4, -0.2) is 24.0 Å². The fourth-order valence-electron chi connectivity index (χ4n) is 2.82. The molecule has 0 unspecified atom stereocenters. The summed E-state index contributed by atoms with van der Waals surface area (Å²) in [5.41, 5.74) is 1.43. The number of benzene rings is 1. The number of hydrogen-bond donors (Lipinski definition) is 1. The van der Waals surface area contributed by atoms with E-state index in [0.29, 0.717) is 11.3 Å². The molecule has 0 spiro atoms. The van der Waals surface area contributed by atoms with Crippen molar-refractivity contribution in [2.45, 2.75) is 24.8 Å². The maximum absolute atomic E-state index is 12.5. The molecule has 2 aromatic rings. The standard InChI is InChI=1S/C18H18N2O3/c1-23-17(22)13-8-9-15(19-12-13)16(21)20-18(10-5-11-18)14-6-3-2-4-7-14/h2-4,6-9,12H,5,10-11H2,1H3,(H,20,21). The highest BCUT2D eigenvalue weighted by atomic mass is 16.5. The Bertz CT molecular complexity index is 707. The number of carbonyl (C=O) groups excluding carboxylic acids is 2. The van der Waals surface area contributed by atoms with E-state index in [4.69, 9.17) is 0 Å². The van der Waals surface area contributed by atoms with Gasteiger partial charge >= 0.3 is 5.97 Å². The van der Waals surface area contributed by atoms with Gasteiger partial charge in [0.05, 0.1) is 18.2 Å². The molecule has 1 heterocycles. The van der Waals surface area contributed by atoms with Crippen molar-refractivity contribution >= 4 is 11.9 Å². The lowest BCUT2D eigenvalue weighted by molar-refractivity contribution is 0.0599. The predicted molar refractivity (Wildman–Crippen MR) is 85.0 cm³/mol. The summed E-state index contributed by atoms with van der Waals surface area (Å²) in [5, 5.41) is 3.11. The second-order valence-electron chi connectivity index (χ2n) is 5.68. The predicted octanol–water partition coefficient (Wildman–Crippen LogP) is 2.68. The van der Waals surface area contributed by atoms with E-state index in [9.17, 15) is 9.59 Å². The topological polar surface area (TPSA) is 68.3 Å². The number of carbonyl (C=O) groups is 2. The van der Waals surface area contributed by atoms with Gasteiger partial charge in [-0.2, -0.15) is 0 Å². The summed E-state index contributed by atoms with van der Waals surface area (Å²) < 4.78 is 4.62. The van der Waals surface area contributed by atoms with Crippen LogP contribution in [0.4, 0.5) is 0 Å². The van der Waals surface area contributed by atoms with Gasteiger partial charge in [0.2, 0.25) is 0 Å². The molecule has 1 saturated carbocycles. The Labute approximate surface area is 134 Å². The Kier molecular flexibility index (Phi) is 4.10. The van der Waals surface area contributed by atoms with Gasteiger partial charge in [-0.1, -0.05) is 30.3 Å². The van der Waals surface area contributed by atoms with Crippen molar-refractivity contribution in [3.63, 3.8) is 0 Å². The van der Waals surface area contributed by atoms with E-state index in [1.54, 1.807) is 12.1 Å². The van der Waals surface area contributed by atoms with Crippen LogP contribution in [0.5, 0.6) is 0 Å². The van der Waals surface area contributed by atoms with E-state index in [2.05, 4.69) is 15.0 Å². The third-order valence-electron chi connectivity index (χ3n) is 4.30. The molecule has 0 radical (unpaired) electrons. The third kappa shape index (κ3) is 2.95. The first-order valence-corrected chi connectivity index (χ1v) is 7.57. The Morgan fingerprint density at radius 3 is 2.39 bits per heavy atom. The highest BCUT2D eigenvalue weighted by molar-refractivity contribution is 5.94. The van der Waals surface area contributed by atoms with Crippen LogP contribution < -0.4 is 5.32 Å². The van der Waals surface area contributed by atoms with Gasteiger partial charge < -0.3 is 10.1 Å². The monoisotopic (exact) mass is 310 g/mol. The Balaban J connectivity index is 1.77. The summed E-state index contributed by atoms with van der Waals surface area (Å²) in [4.78, 5) is 28.0. The van der Waals surface area contributed by atoms with Gasteiger partial charge in [-0.3, -0.25) is 9.78 Å². The Morgan fingerprint density at radius 1 is 1.13 bits per heavy atom. The van der Waals surface area contributed by atoms with E-state index in [1.165, 1.54) is 13.3 Å². The number of nitrogens with zero attached hydrogens (tertiary/aromatic N) is 1. The summed E-state index contributed by atoms with van der Waals surface area (Å²) in [5.74, 6) is -0.700. The second-order valence-corrected chi connectivity index (χ2v) is 5.68. The minimum Gasteiger partial charge on any atom is -0.465 e. The van der Waals surface area contributed by atoms with E-state index in [-0.39, 0.29) is 11.4 Å². The zero-order chi connectivity index (χ0) is 16.3. The van der Waals surface area contributed by atoms with Gasteiger partial charge in [-0.05, 0) is 37.0 Å². The third-order valence-corrected chi connectivity index (χ3v) is 4.30. The molecule has 1 aromatic heterocycles. The van der Waals surface area contributed by atoms with Crippen LogP contribution in [0.25, 0.3) is 0 Å². The highest BCUT2D eigenvalue weighted by Gasteiger charge is 2.40. The van der Waals surface area contributed by atoms with E-state index >= 15 is 0 Å². The first-order chi connectivity index (χ1) is 11.1. The number of esters is 1. The lowest BCUT2D eigenvalue weighted by Gasteiger charge is -2.43. The molecule has 0 atom stereocenters. The summed E-state index contributed by atoms with van der Waals surface area (Å²) >= 11 is 0. The molecule has 1 amide bonds. The molecule has 1 aliphatic rings. The molecular weight excluding hydrogens is 292 g/mol. The molecule has 5 heteroatoms. The van der Waals surface area contributed by atoms with Gasteiger partial charge in [0.15, 0.2) is 0 Å². The number of nitrogens with one attached hydrogen (secondary N) is 1. The molecule has 5 nitrogen and oxygen atoms in total. The Hall–Kier alpha value is -2.69. The summed E-state index contributed by atoms with van der Waals surface area (Å²) in [6.07, 6.45) is 4.28. The van der Waals surface area contributed by atoms with E-state index in [1.807, 2.05) is 30.3 Å². The van der Waals surface area contributed by atoms with Gasteiger partial charge in [0.25, 0.3) is 5.91 Å². The summed E-state index contributed by atoms with van der Waals surface area (Å²) in [6.45, 7) is 0. The smallest absolute Gasteiger partial charge is 0.339 e.